The molecule has 4 aromatic heterocycles. The average Bonchev–Trinajstić information content (AvgIpc) is 3.44. The van der Waals surface area contributed by atoms with E-state index in [9.17, 15) is 9.59 Å². The number of H-pyrrole nitrogens is 1. The van der Waals surface area contributed by atoms with E-state index in [1.807, 2.05) is 0 Å². The standard InChI is InChI=1S/C21H23N7O3S/c1-3-31-20(30)15-17(24-25-18(15)32-2)27-10-9-14-13(19(27)29)11-22-21-23-16(26-28(14)21)12-7-5-4-6-8-12/h9-12H,3-8H2,1-2H3,(H,24,25). The van der Waals surface area contributed by atoms with Gasteiger partial charge in [-0.1, -0.05) is 19.3 Å². The molecular formula is C21H23N7O3S. The monoisotopic (exact) mass is 453 g/mol. The second-order valence-corrected chi connectivity index (χ2v) is 8.54. The fourth-order valence-electron chi connectivity index (χ4n) is 4.27. The Bertz CT molecular complexity index is 1370. The molecule has 32 heavy (non-hydrogen) atoms. The lowest BCUT2D eigenvalue weighted by molar-refractivity contribution is 0.0522. The van der Waals surface area contributed by atoms with Crippen molar-refractivity contribution in [2.24, 2.45) is 0 Å². The molecule has 1 aliphatic carbocycles. The minimum absolute atomic E-state index is 0.224. The van der Waals surface area contributed by atoms with Crippen LogP contribution in [0.1, 0.15) is 61.1 Å². The summed E-state index contributed by atoms with van der Waals surface area (Å²) in [6.07, 6.45) is 10.7. The van der Waals surface area contributed by atoms with Gasteiger partial charge in [-0.15, -0.1) is 16.9 Å². The topological polar surface area (TPSA) is 120 Å². The van der Waals surface area contributed by atoms with E-state index >= 15 is 0 Å². The largest absolute Gasteiger partial charge is 0.462 e. The summed E-state index contributed by atoms with van der Waals surface area (Å²) in [6.45, 7) is 1.96. The van der Waals surface area contributed by atoms with Crippen LogP contribution in [0.15, 0.2) is 28.3 Å². The summed E-state index contributed by atoms with van der Waals surface area (Å²) in [4.78, 5) is 34.9. The van der Waals surface area contributed by atoms with Crippen molar-refractivity contribution in [1.82, 2.24) is 34.3 Å². The number of carbonyl (C=O) groups is 1. The first-order valence-electron chi connectivity index (χ1n) is 10.7. The molecular weight excluding hydrogens is 430 g/mol. The van der Waals surface area contributed by atoms with Gasteiger partial charge in [-0.3, -0.25) is 14.5 Å². The first-order chi connectivity index (χ1) is 15.6. The van der Waals surface area contributed by atoms with E-state index in [0.717, 1.165) is 18.7 Å². The first kappa shape index (κ1) is 20.7. The van der Waals surface area contributed by atoms with Gasteiger partial charge < -0.3 is 4.74 Å². The Balaban J connectivity index is 1.64. The minimum atomic E-state index is -0.533. The zero-order chi connectivity index (χ0) is 22.2. The molecule has 1 saturated carbocycles. The van der Waals surface area contributed by atoms with Crippen molar-refractivity contribution in [2.75, 3.05) is 12.9 Å². The van der Waals surface area contributed by atoms with Gasteiger partial charge in [0, 0.05) is 18.3 Å². The summed E-state index contributed by atoms with van der Waals surface area (Å²) in [5.74, 6) is 1.34. The van der Waals surface area contributed by atoms with Crippen LogP contribution >= 0.6 is 11.8 Å². The molecule has 0 spiro atoms. The molecule has 166 valence electrons. The maximum absolute atomic E-state index is 13.4. The highest BCUT2D eigenvalue weighted by molar-refractivity contribution is 7.98. The SMILES string of the molecule is CCOC(=O)c1c(SC)n[nH]c1-n1ccc2c(cnc3nc(C4CCCCC4)nn32)c1=O. The van der Waals surface area contributed by atoms with Gasteiger partial charge in [0.25, 0.3) is 11.3 Å². The number of aromatic amines is 1. The minimum Gasteiger partial charge on any atom is -0.462 e. The van der Waals surface area contributed by atoms with Gasteiger partial charge in [0.15, 0.2) is 11.6 Å². The lowest BCUT2D eigenvalue weighted by Crippen LogP contribution is -2.21. The number of carbonyl (C=O) groups excluding carboxylic acids is 1. The molecule has 0 saturated heterocycles. The highest BCUT2D eigenvalue weighted by Crippen LogP contribution is 2.31. The van der Waals surface area contributed by atoms with E-state index in [1.165, 1.54) is 41.8 Å². The van der Waals surface area contributed by atoms with Crippen molar-refractivity contribution in [3.05, 3.63) is 40.2 Å². The number of esters is 1. The molecule has 4 aromatic rings. The molecule has 1 fully saturated rings. The van der Waals surface area contributed by atoms with E-state index in [1.54, 1.807) is 30.0 Å². The summed E-state index contributed by atoms with van der Waals surface area (Å²) in [5, 5.41) is 12.5. The number of pyridine rings is 1. The van der Waals surface area contributed by atoms with E-state index in [-0.39, 0.29) is 23.5 Å². The van der Waals surface area contributed by atoms with E-state index in [0.29, 0.717) is 27.6 Å². The zero-order valence-corrected chi connectivity index (χ0v) is 18.7. The lowest BCUT2D eigenvalue weighted by Gasteiger charge is -2.17. The van der Waals surface area contributed by atoms with Gasteiger partial charge in [0.1, 0.15) is 10.6 Å². The molecule has 1 aliphatic rings. The Morgan fingerprint density at radius 1 is 1.31 bits per heavy atom. The quantitative estimate of drug-likeness (QED) is 0.362. The molecule has 0 unspecified atom stereocenters. The molecule has 10 nitrogen and oxygen atoms in total. The number of rotatable bonds is 5. The van der Waals surface area contributed by atoms with Crippen molar-refractivity contribution in [3.8, 4) is 5.82 Å². The van der Waals surface area contributed by atoms with Crippen LogP contribution < -0.4 is 5.56 Å². The van der Waals surface area contributed by atoms with Gasteiger partial charge in [0.05, 0.1) is 17.5 Å². The normalized spacial score (nSPS) is 14.9. The number of ether oxygens (including phenoxy) is 1. The van der Waals surface area contributed by atoms with Crippen molar-refractivity contribution >= 4 is 34.4 Å². The number of hydrogen-bond acceptors (Lipinski definition) is 8. The number of nitrogens with zero attached hydrogens (tertiary/aromatic N) is 6. The third-order valence-corrected chi connectivity index (χ3v) is 6.53. The molecule has 0 aliphatic heterocycles. The summed E-state index contributed by atoms with van der Waals surface area (Å²) >= 11 is 1.30. The summed E-state index contributed by atoms with van der Waals surface area (Å²) < 4.78 is 8.17. The van der Waals surface area contributed by atoms with Crippen LogP contribution in [0.3, 0.4) is 0 Å². The Hall–Kier alpha value is -3.21. The average molecular weight is 454 g/mol. The molecule has 1 N–H and O–H groups in total. The zero-order valence-electron chi connectivity index (χ0n) is 17.9. The molecule has 5 rings (SSSR count). The van der Waals surface area contributed by atoms with Gasteiger partial charge in [-0.25, -0.2) is 9.78 Å². The third kappa shape index (κ3) is 3.36. The predicted molar refractivity (Wildman–Crippen MR) is 120 cm³/mol. The Kier molecular flexibility index (Phi) is 5.41. The van der Waals surface area contributed by atoms with E-state index in [4.69, 9.17) is 9.84 Å². The van der Waals surface area contributed by atoms with Crippen LogP contribution in [0.25, 0.3) is 22.5 Å². The van der Waals surface area contributed by atoms with Gasteiger partial charge >= 0.3 is 5.97 Å². The number of hydrogen-bond donors (Lipinski definition) is 1. The van der Waals surface area contributed by atoms with Crippen molar-refractivity contribution in [3.63, 3.8) is 0 Å². The lowest BCUT2D eigenvalue weighted by atomic mass is 9.89. The smallest absolute Gasteiger partial charge is 0.344 e. The van der Waals surface area contributed by atoms with Crippen LogP contribution in [-0.4, -0.2) is 53.2 Å². The summed E-state index contributed by atoms with van der Waals surface area (Å²) in [5.41, 5.74) is 0.511. The van der Waals surface area contributed by atoms with Gasteiger partial charge in [0.2, 0.25) is 0 Å². The van der Waals surface area contributed by atoms with Crippen molar-refractivity contribution < 1.29 is 9.53 Å². The first-order valence-corrected chi connectivity index (χ1v) is 11.9. The molecule has 0 radical (unpaired) electrons. The fraction of sp³-hybridized carbons (Fsp3) is 0.429. The maximum atomic E-state index is 13.4. The predicted octanol–water partition coefficient (Wildman–Crippen LogP) is 3.10. The molecule has 0 bridgehead atoms. The molecule has 0 atom stereocenters. The molecule has 4 heterocycles. The fourth-order valence-corrected chi connectivity index (χ4v) is 4.79. The third-order valence-electron chi connectivity index (χ3n) is 5.85. The Morgan fingerprint density at radius 2 is 2.12 bits per heavy atom. The maximum Gasteiger partial charge on any atom is 0.344 e. The van der Waals surface area contributed by atoms with Crippen LogP contribution in [0.2, 0.25) is 0 Å². The van der Waals surface area contributed by atoms with Crippen LogP contribution in [0.4, 0.5) is 0 Å². The van der Waals surface area contributed by atoms with Crippen molar-refractivity contribution in [1.29, 1.82) is 0 Å². The molecule has 0 amide bonds. The highest BCUT2D eigenvalue weighted by atomic mass is 32.2. The highest BCUT2D eigenvalue weighted by Gasteiger charge is 2.25. The van der Waals surface area contributed by atoms with Crippen LogP contribution in [0, 0.1) is 0 Å². The van der Waals surface area contributed by atoms with E-state index in [2.05, 4.69) is 20.2 Å². The molecule has 0 aromatic carbocycles. The van der Waals surface area contributed by atoms with Gasteiger partial charge in [-0.05, 0) is 32.1 Å². The summed E-state index contributed by atoms with van der Waals surface area (Å²) in [7, 11) is 0. The number of fused-ring (bicyclic) bond motifs is 3. The second kappa shape index (κ2) is 8.38. The van der Waals surface area contributed by atoms with Crippen LogP contribution in [0.5, 0.6) is 0 Å². The summed E-state index contributed by atoms with van der Waals surface area (Å²) in [6, 6.07) is 1.78. The van der Waals surface area contributed by atoms with Crippen molar-refractivity contribution in [2.45, 2.75) is 50.0 Å². The van der Waals surface area contributed by atoms with Crippen LogP contribution in [-0.2, 0) is 4.74 Å². The number of thioether (sulfide) groups is 1. The number of nitrogens with one attached hydrogen (secondary N) is 1. The van der Waals surface area contributed by atoms with E-state index < -0.39 is 5.97 Å². The second-order valence-electron chi connectivity index (χ2n) is 7.74. The number of aromatic nitrogens is 7. The van der Waals surface area contributed by atoms with Gasteiger partial charge in [-0.2, -0.15) is 14.6 Å². The molecule has 11 heteroatoms. The Morgan fingerprint density at radius 3 is 2.88 bits per heavy atom. The Labute approximate surface area is 187 Å².